The van der Waals surface area contributed by atoms with Gasteiger partial charge in [-0.2, -0.15) is 16.5 Å². The fourth-order valence-corrected chi connectivity index (χ4v) is 4.28. The third kappa shape index (κ3) is 6.57. The molecule has 2 aromatic carbocycles. The van der Waals surface area contributed by atoms with Crippen molar-refractivity contribution in [3.05, 3.63) is 65.7 Å². The number of carbonyl (C=O) groups excluding carboxylic acids is 1. The number of amides is 1. The molecule has 0 aliphatic heterocycles. The maximum atomic E-state index is 13.9. The average molecular weight is 429 g/mol. The summed E-state index contributed by atoms with van der Waals surface area (Å²) in [6.45, 7) is 0.266. The van der Waals surface area contributed by atoms with Crippen molar-refractivity contribution in [2.24, 2.45) is 0 Å². The number of benzene rings is 2. The van der Waals surface area contributed by atoms with E-state index in [0.717, 1.165) is 17.7 Å². The van der Waals surface area contributed by atoms with Crippen molar-refractivity contribution in [3.63, 3.8) is 0 Å². The summed E-state index contributed by atoms with van der Waals surface area (Å²) in [5.74, 6) is -1.16. The molecule has 5 nitrogen and oxygen atoms in total. The predicted octanol–water partition coefficient (Wildman–Crippen LogP) is 2.72. The van der Waals surface area contributed by atoms with Gasteiger partial charge in [-0.05, 0) is 54.7 Å². The van der Waals surface area contributed by atoms with Crippen LogP contribution in [-0.4, -0.2) is 38.9 Å². The molecule has 0 saturated carbocycles. The maximum Gasteiger partial charge on any atom is 0.244 e. The molecule has 9 heteroatoms. The Balaban J connectivity index is 2.02. The second-order valence-electron chi connectivity index (χ2n) is 6.05. The van der Waals surface area contributed by atoms with Crippen LogP contribution in [0.3, 0.4) is 0 Å². The van der Waals surface area contributed by atoms with E-state index in [1.807, 2.05) is 6.26 Å². The van der Waals surface area contributed by atoms with Gasteiger partial charge in [-0.15, -0.1) is 0 Å². The van der Waals surface area contributed by atoms with E-state index in [1.165, 1.54) is 36.0 Å². The number of rotatable bonds is 10. The van der Waals surface area contributed by atoms with Crippen LogP contribution in [0.4, 0.5) is 8.78 Å². The Labute approximate surface area is 168 Å². The topological polar surface area (TPSA) is 75.3 Å². The molecule has 0 heterocycles. The van der Waals surface area contributed by atoms with E-state index in [4.69, 9.17) is 0 Å². The van der Waals surface area contributed by atoms with Crippen LogP contribution in [0.25, 0.3) is 0 Å². The average Bonchev–Trinajstić information content (AvgIpc) is 2.66. The highest BCUT2D eigenvalue weighted by Crippen LogP contribution is 2.15. The molecule has 0 saturated heterocycles. The summed E-state index contributed by atoms with van der Waals surface area (Å²) in [5.41, 5.74) is 0.842. The van der Waals surface area contributed by atoms with Gasteiger partial charge in [0.05, 0.1) is 0 Å². The molecule has 0 aliphatic rings. The van der Waals surface area contributed by atoms with Crippen molar-refractivity contribution in [2.45, 2.75) is 23.8 Å². The van der Waals surface area contributed by atoms with Crippen molar-refractivity contribution < 1.29 is 22.0 Å². The molecule has 0 unspecified atom stereocenters. The Kier molecular flexibility index (Phi) is 8.40. The number of carbonyl (C=O) groups is 1. The SMILES string of the molecule is CSCC[C@@H](NS(=O)(=O)c1ccccc1F)C(=O)NCCc1ccc(F)cc1. The Morgan fingerprint density at radius 1 is 1.11 bits per heavy atom. The number of hydrogen-bond acceptors (Lipinski definition) is 4. The Hall–Kier alpha value is -1.97. The predicted molar refractivity (Wildman–Crippen MR) is 107 cm³/mol. The first-order valence-corrected chi connectivity index (χ1v) is 11.5. The lowest BCUT2D eigenvalue weighted by atomic mass is 10.1. The van der Waals surface area contributed by atoms with Gasteiger partial charge in [0.25, 0.3) is 0 Å². The van der Waals surface area contributed by atoms with Gasteiger partial charge < -0.3 is 5.32 Å². The second-order valence-corrected chi connectivity index (χ2v) is 8.72. The third-order valence-corrected chi connectivity index (χ3v) is 6.13. The molecule has 28 heavy (non-hydrogen) atoms. The molecule has 0 aliphatic carbocycles. The maximum absolute atomic E-state index is 13.9. The van der Waals surface area contributed by atoms with E-state index in [-0.39, 0.29) is 18.8 Å². The largest absolute Gasteiger partial charge is 0.354 e. The summed E-state index contributed by atoms with van der Waals surface area (Å²) >= 11 is 1.47. The highest BCUT2D eigenvalue weighted by molar-refractivity contribution is 7.98. The summed E-state index contributed by atoms with van der Waals surface area (Å²) in [5, 5.41) is 2.68. The van der Waals surface area contributed by atoms with Crippen LogP contribution in [0.15, 0.2) is 53.4 Å². The number of thioether (sulfide) groups is 1. The fourth-order valence-electron chi connectivity index (χ4n) is 2.50. The van der Waals surface area contributed by atoms with E-state index in [0.29, 0.717) is 12.2 Å². The summed E-state index contributed by atoms with van der Waals surface area (Å²) < 4.78 is 54.0. The van der Waals surface area contributed by atoms with Crippen LogP contribution in [0.1, 0.15) is 12.0 Å². The molecule has 2 rings (SSSR count). The minimum atomic E-state index is -4.18. The van der Waals surface area contributed by atoms with Gasteiger partial charge in [-0.1, -0.05) is 24.3 Å². The van der Waals surface area contributed by atoms with E-state index in [9.17, 15) is 22.0 Å². The summed E-state index contributed by atoms with van der Waals surface area (Å²) in [6, 6.07) is 9.89. The third-order valence-electron chi connectivity index (χ3n) is 3.98. The number of halogens is 2. The highest BCUT2D eigenvalue weighted by atomic mass is 32.2. The molecule has 0 bridgehead atoms. The lowest BCUT2D eigenvalue weighted by molar-refractivity contribution is -0.122. The Morgan fingerprint density at radius 3 is 2.43 bits per heavy atom. The van der Waals surface area contributed by atoms with E-state index < -0.39 is 32.7 Å². The molecule has 152 valence electrons. The number of nitrogens with one attached hydrogen (secondary N) is 2. The number of hydrogen-bond donors (Lipinski definition) is 2. The summed E-state index contributed by atoms with van der Waals surface area (Å²) in [7, 11) is -4.18. The van der Waals surface area contributed by atoms with Crippen molar-refractivity contribution in [1.29, 1.82) is 0 Å². The van der Waals surface area contributed by atoms with E-state index in [1.54, 1.807) is 12.1 Å². The van der Waals surface area contributed by atoms with Gasteiger partial charge in [0.15, 0.2) is 0 Å². The quantitative estimate of drug-likeness (QED) is 0.610. The van der Waals surface area contributed by atoms with Gasteiger partial charge in [-0.25, -0.2) is 17.2 Å². The normalized spacial score (nSPS) is 12.5. The van der Waals surface area contributed by atoms with Crippen molar-refractivity contribution >= 4 is 27.7 Å². The molecule has 0 fully saturated rings. The minimum absolute atomic E-state index is 0.261. The van der Waals surface area contributed by atoms with Gasteiger partial charge in [0.1, 0.15) is 22.6 Å². The summed E-state index contributed by atoms with van der Waals surface area (Å²) in [4.78, 5) is 12.0. The van der Waals surface area contributed by atoms with Crippen LogP contribution in [0, 0.1) is 11.6 Å². The molecule has 2 aromatic rings. The van der Waals surface area contributed by atoms with Gasteiger partial charge >= 0.3 is 0 Å². The lowest BCUT2D eigenvalue weighted by Gasteiger charge is -2.18. The minimum Gasteiger partial charge on any atom is -0.354 e. The van der Waals surface area contributed by atoms with Crippen LogP contribution in [0.2, 0.25) is 0 Å². The first-order valence-electron chi connectivity index (χ1n) is 8.61. The molecule has 2 N–H and O–H groups in total. The van der Waals surface area contributed by atoms with Gasteiger partial charge in [0.2, 0.25) is 15.9 Å². The zero-order valence-electron chi connectivity index (χ0n) is 15.3. The molecule has 0 radical (unpaired) electrons. The monoisotopic (exact) mass is 428 g/mol. The van der Waals surface area contributed by atoms with Crippen LogP contribution < -0.4 is 10.0 Å². The zero-order chi connectivity index (χ0) is 20.6. The standard InChI is InChI=1S/C19H22F2N2O3S2/c1-27-13-11-17(23-28(25,26)18-5-3-2-4-16(18)21)19(24)22-12-10-14-6-8-15(20)9-7-14/h2-9,17,23H,10-13H2,1H3,(H,22,24)/t17-/m1/s1. The van der Waals surface area contributed by atoms with Crippen molar-refractivity contribution in [1.82, 2.24) is 10.0 Å². The lowest BCUT2D eigenvalue weighted by Crippen LogP contribution is -2.47. The summed E-state index contributed by atoms with van der Waals surface area (Å²) in [6.07, 6.45) is 2.58. The smallest absolute Gasteiger partial charge is 0.244 e. The number of sulfonamides is 1. The van der Waals surface area contributed by atoms with Crippen LogP contribution in [0.5, 0.6) is 0 Å². The molecule has 1 amide bonds. The Bertz CT molecular complexity index is 890. The van der Waals surface area contributed by atoms with Gasteiger partial charge in [0, 0.05) is 6.54 Å². The van der Waals surface area contributed by atoms with Crippen LogP contribution in [-0.2, 0) is 21.2 Å². The Morgan fingerprint density at radius 2 is 1.79 bits per heavy atom. The molecular weight excluding hydrogens is 406 g/mol. The molecule has 0 spiro atoms. The molecular formula is C19H22F2N2O3S2. The van der Waals surface area contributed by atoms with E-state index in [2.05, 4.69) is 10.0 Å². The molecule has 0 aromatic heterocycles. The fraction of sp³-hybridized carbons (Fsp3) is 0.316. The van der Waals surface area contributed by atoms with E-state index >= 15 is 0 Å². The van der Waals surface area contributed by atoms with Crippen LogP contribution >= 0.6 is 11.8 Å². The van der Waals surface area contributed by atoms with Crippen molar-refractivity contribution in [2.75, 3.05) is 18.6 Å². The van der Waals surface area contributed by atoms with Crippen molar-refractivity contribution in [3.8, 4) is 0 Å². The molecule has 1 atom stereocenters. The van der Waals surface area contributed by atoms with Gasteiger partial charge in [-0.3, -0.25) is 4.79 Å². The first-order chi connectivity index (χ1) is 13.3. The zero-order valence-corrected chi connectivity index (χ0v) is 17.0. The highest BCUT2D eigenvalue weighted by Gasteiger charge is 2.27. The second kappa shape index (κ2) is 10.5. The first kappa shape index (κ1) is 22.3.